The van der Waals surface area contributed by atoms with Crippen LogP contribution in [0, 0.1) is 17.2 Å². The van der Waals surface area contributed by atoms with E-state index in [-0.39, 0.29) is 12.0 Å². The molecule has 2 unspecified atom stereocenters. The van der Waals surface area contributed by atoms with Crippen molar-refractivity contribution in [3.05, 3.63) is 41.6 Å². The van der Waals surface area contributed by atoms with Gasteiger partial charge in [0.15, 0.2) is 5.82 Å². The van der Waals surface area contributed by atoms with Crippen LogP contribution in [0.2, 0.25) is 0 Å². The SMILES string of the molecule is CO/N=C(\C)c1ccc(Nc2nn(C3CCCCC3C#N)cc2C(N)=O)cc1. The molecule has 2 atom stereocenters. The highest BCUT2D eigenvalue weighted by Crippen LogP contribution is 2.34. The Balaban J connectivity index is 1.85. The van der Waals surface area contributed by atoms with Gasteiger partial charge in [0, 0.05) is 11.9 Å². The van der Waals surface area contributed by atoms with Gasteiger partial charge in [0.25, 0.3) is 5.91 Å². The molecule has 1 amide bonds. The Labute approximate surface area is 164 Å². The van der Waals surface area contributed by atoms with Gasteiger partial charge in [-0.25, -0.2) is 0 Å². The Bertz CT molecular complexity index is 910. The lowest BCUT2D eigenvalue weighted by Gasteiger charge is -2.26. The molecular formula is C20H24N6O2. The first-order chi connectivity index (χ1) is 13.5. The number of anilines is 2. The van der Waals surface area contributed by atoms with Crippen molar-refractivity contribution in [1.82, 2.24) is 9.78 Å². The third kappa shape index (κ3) is 4.14. The number of hydrogen-bond donors (Lipinski definition) is 2. The summed E-state index contributed by atoms with van der Waals surface area (Å²) in [6.45, 7) is 1.86. The monoisotopic (exact) mass is 380 g/mol. The van der Waals surface area contributed by atoms with E-state index >= 15 is 0 Å². The minimum Gasteiger partial charge on any atom is -0.399 e. The summed E-state index contributed by atoms with van der Waals surface area (Å²) in [5.41, 5.74) is 8.31. The number of nitriles is 1. The van der Waals surface area contributed by atoms with E-state index in [1.54, 1.807) is 10.9 Å². The van der Waals surface area contributed by atoms with E-state index in [1.165, 1.54) is 7.11 Å². The van der Waals surface area contributed by atoms with Crippen LogP contribution >= 0.6 is 0 Å². The maximum Gasteiger partial charge on any atom is 0.254 e. The van der Waals surface area contributed by atoms with Crippen LogP contribution in [0.3, 0.4) is 0 Å². The molecule has 1 heterocycles. The second-order valence-corrected chi connectivity index (χ2v) is 6.88. The van der Waals surface area contributed by atoms with E-state index in [1.807, 2.05) is 31.2 Å². The smallest absolute Gasteiger partial charge is 0.254 e. The minimum atomic E-state index is -0.558. The van der Waals surface area contributed by atoms with Gasteiger partial charge in [0.1, 0.15) is 12.7 Å². The minimum absolute atomic E-state index is 0.0392. The molecule has 0 spiro atoms. The number of nitrogens with one attached hydrogen (secondary N) is 1. The van der Waals surface area contributed by atoms with E-state index in [4.69, 9.17) is 10.6 Å². The van der Waals surface area contributed by atoms with Gasteiger partial charge < -0.3 is 15.9 Å². The Morgan fingerprint density at radius 1 is 1.36 bits per heavy atom. The highest BCUT2D eigenvalue weighted by atomic mass is 16.6. The maximum atomic E-state index is 11.9. The van der Waals surface area contributed by atoms with Crippen molar-refractivity contribution in [3.63, 3.8) is 0 Å². The normalized spacial score (nSPS) is 19.7. The molecule has 3 N–H and O–H groups in total. The lowest BCUT2D eigenvalue weighted by molar-refractivity contribution is 0.100. The fraction of sp³-hybridized carbons (Fsp3) is 0.400. The average Bonchev–Trinajstić information content (AvgIpc) is 3.12. The largest absolute Gasteiger partial charge is 0.399 e. The number of nitrogens with two attached hydrogens (primary N) is 1. The molecule has 1 saturated carbocycles. The zero-order valence-corrected chi connectivity index (χ0v) is 16.1. The molecule has 0 saturated heterocycles. The number of benzene rings is 1. The van der Waals surface area contributed by atoms with Crippen LogP contribution in [0.4, 0.5) is 11.5 Å². The molecule has 1 fully saturated rings. The molecule has 8 heteroatoms. The molecule has 0 bridgehead atoms. The molecule has 3 rings (SSSR count). The predicted molar refractivity (Wildman–Crippen MR) is 106 cm³/mol. The van der Waals surface area contributed by atoms with Crippen molar-refractivity contribution in [2.24, 2.45) is 16.8 Å². The summed E-state index contributed by atoms with van der Waals surface area (Å²) in [5.74, 6) is -0.271. The molecule has 1 aliphatic rings. The first-order valence-corrected chi connectivity index (χ1v) is 9.27. The van der Waals surface area contributed by atoms with E-state index in [0.29, 0.717) is 11.4 Å². The number of carbonyl (C=O) groups is 1. The summed E-state index contributed by atoms with van der Waals surface area (Å²) < 4.78 is 1.72. The number of amides is 1. The standard InChI is InChI=1S/C20H24N6O2/c1-13(25-28-2)14-7-9-16(10-8-14)23-20-17(19(22)27)12-26(24-20)18-6-4-3-5-15(18)11-21/h7-10,12,15,18H,3-6H2,1-2H3,(H2,22,27)(H,23,24)/b25-13+. The Kier molecular flexibility index (Phi) is 5.94. The van der Waals surface area contributed by atoms with Gasteiger partial charge in [0.05, 0.1) is 23.7 Å². The molecule has 28 heavy (non-hydrogen) atoms. The highest BCUT2D eigenvalue weighted by Gasteiger charge is 2.28. The second-order valence-electron chi connectivity index (χ2n) is 6.88. The summed E-state index contributed by atoms with van der Waals surface area (Å²) in [5, 5.41) is 21.0. The van der Waals surface area contributed by atoms with Gasteiger partial charge in [-0.3, -0.25) is 9.48 Å². The Morgan fingerprint density at radius 3 is 2.71 bits per heavy atom. The molecule has 146 valence electrons. The number of carbonyl (C=O) groups excluding carboxylic acids is 1. The number of rotatable bonds is 6. The van der Waals surface area contributed by atoms with Crippen LogP contribution in [0.1, 0.15) is 54.6 Å². The van der Waals surface area contributed by atoms with Crippen LogP contribution in [0.15, 0.2) is 35.6 Å². The summed E-state index contributed by atoms with van der Waals surface area (Å²) in [6, 6.07) is 9.86. The Morgan fingerprint density at radius 2 is 2.07 bits per heavy atom. The number of nitrogens with zero attached hydrogens (tertiary/aromatic N) is 4. The summed E-state index contributed by atoms with van der Waals surface area (Å²) in [4.78, 5) is 16.7. The third-order valence-electron chi connectivity index (χ3n) is 5.03. The summed E-state index contributed by atoms with van der Waals surface area (Å²) in [7, 11) is 1.50. The van der Waals surface area contributed by atoms with Crippen LogP contribution in [-0.4, -0.2) is 28.5 Å². The van der Waals surface area contributed by atoms with Crippen LogP contribution in [0.5, 0.6) is 0 Å². The van der Waals surface area contributed by atoms with Gasteiger partial charge in [-0.15, -0.1) is 0 Å². The Hall–Kier alpha value is -3.34. The van der Waals surface area contributed by atoms with Gasteiger partial charge >= 0.3 is 0 Å². The van der Waals surface area contributed by atoms with Crippen LogP contribution in [0.25, 0.3) is 0 Å². The first kappa shape index (κ1) is 19.4. The summed E-state index contributed by atoms with van der Waals surface area (Å²) in [6.07, 6.45) is 5.45. The van der Waals surface area contributed by atoms with Crippen molar-refractivity contribution < 1.29 is 9.63 Å². The van der Waals surface area contributed by atoms with Gasteiger partial charge in [-0.2, -0.15) is 10.4 Å². The quantitative estimate of drug-likeness (QED) is 0.588. The molecule has 0 aliphatic heterocycles. The number of oxime groups is 1. The molecule has 8 nitrogen and oxygen atoms in total. The summed E-state index contributed by atoms with van der Waals surface area (Å²) >= 11 is 0. The topological polar surface area (TPSA) is 118 Å². The predicted octanol–water partition coefficient (Wildman–Crippen LogP) is 3.35. The molecule has 1 aromatic heterocycles. The van der Waals surface area contributed by atoms with Crippen LogP contribution in [-0.2, 0) is 4.84 Å². The molecular weight excluding hydrogens is 356 g/mol. The van der Waals surface area contributed by atoms with Crippen LogP contribution < -0.4 is 11.1 Å². The number of hydrogen-bond acceptors (Lipinski definition) is 6. The van der Waals surface area contributed by atoms with E-state index in [9.17, 15) is 10.1 Å². The van der Waals surface area contributed by atoms with Crippen molar-refractivity contribution in [1.29, 1.82) is 5.26 Å². The average molecular weight is 380 g/mol. The fourth-order valence-electron chi connectivity index (χ4n) is 3.53. The fourth-order valence-corrected chi connectivity index (χ4v) is 3.53. The van der Waals surface area contributed by atoms with Gasteiger partial charge in [-0.05, 0) is 37.5 Å². The molecule has 1 aliphatic carbocycles. The molecule has 0 radical (unpaired) electrons. The van der Waals surface area contributed by atoms with Crippen molar-refractivity contribution in [2.45, 2.75) is 38.6 Å². The van der Waals surface area contributed by atoms with Crippen molar-refractivity contribution in [3.8, 4) is 6.07 Å². The number of primary amides is 1. The first-order valence-electron chi connectivity index (χ1n) is 9.27. The van der Waals surface area contributed by atoms with Gasteiger partial charge in [0.2, 0.25) is 0 Å². The zero-order chi connectivity index (χ0) is 20.1. The molecule has 1 aromatic carbocycles. The highest BCUT2D eigenvalue weighted by molar-refractivity contribution is 5.99. The number of aromatic nitrogens is 2. The second kappa shape index (κ2) is 8.57. The molecule has 2 aromatic rings. The van der Waals surface area contributed by atoms with E-state index < -0.39 is 5.91 Å². The van der Waals surface area contributed by atoms with Crippen molar-refractivity contribution >= 4 is 23.1 Å². The zero-order valence-electron chi connectivity index (χ0n) is 16.1. The van der Waals surface area contributed by atoms with Gasteiger partial charge in [-0.1, -0.05) is 30.1 Å². The maximum absolute atomic E-state index is 11.9. The van der Waals surface area contributed by atoms with Crippen molar-refractivity contribution in [2.75, 3.05) is 12.4 Å². The van der Waals surface area contributed by atoms with E-state index in [0.717, 1.165) is 42.6 Å². The lowest BCUT2D eigenvalue weighted by atomic mass is 9.85. The third-order valence-corrected chi connectivity index (χ3v) is 5.03. The lowest BCUT2D eigenvalue weighted by Crippen LogP contribution is -2.22. The van der Waals surface area contributed by atoms with E-state index in [2.05, 4.69) is 21.6 Å².